The quantitative estimate of drug-likeness (QED) is 0.568. The molecule has 0 bridgehead atoms. The van der Waals surface area contributed by atoms with Crippen LogP contribution in [-0.4, -0.2) is 42.7 Å². The number of aliphatic hydroxyl groups excluding tert-OH is 1. The van der Waals surface area contributed by atoms with Crippen LogP contribution in [0.15, 0.2) is 0 Å². The molecule has 0 fully saturated rings. The predicted molar refractivity (Wildman–Crippen MR) is 51.8 cm³/mol. The minimum atomic E-state index is -3.13. The Hall–Kier alpha value is -0.620. The number of sulfone groups is 1. The fourth-order valence-corrected chi connectivity index (χ4v) is 2.14. The fraction of sp³-hybridized carbons (Fsp3) is 0.875. The molecule has 0 aromatic heterocycles. The van der Waals surface area contributed by atoms with Crippen molar-refractivity contribution in [3.63, 3.8) is 0 Å². The Morgan fingerprint density at radius 1 is 1.07 bits per heavy atom. The second kappa shape index (κ2) is 6.78. The van der Waals surface area contributed by atoms with Gasteiger partial charge in [-0.2, -0.15) is 0 Å². The first kappa shape index (κ1) is 13.4. The number of aliphatic hydroxyl groups is 1. The highest BCUT2D eigenvalue weighted by molar-refractivity contribution is 7.91. The standard InChI is InChI=1S/C8H16O5S/c9-5-7-14(12,13)6-3-1-2-4-8(10)11/h9H,1-7H2,(H,10,11). The molecule has 0 radical (unpaired) electrons. The van der Waals surface area contributed by atoms with E-state index in [0.29, 0.717) is 19.3 Å². The van der Waals surface area contributed by atoms with E-state index < -0.39 is 15.8 Å². The van der Waals surface area contributed by atoms with Crippen LogP contribution in [0.4, 0.5) is 0 Å². The maximum atomic E-state index is 11.1. The molecule has 0 aromatic rings. The lowest BCUT2D eigenvalue weighted by molar-refractivity contribution is -0.137. The third-order valence-corrected chi connectivity index (χ3v) is 3.46. The maximum absolute atomic E-state index is 11.1. The Morgan fingerprint density at radius 3 is 2.21 bits per heavy atom. The van der Waals surface area contributed by atoms with Gasteiger partial charge in [0.1, 0.15) is 0 Å². The summed E-state index contributed by atoms with van der Waals surface area (Å²) in [5.74, 6) is -1.03. The molecule has 0 spiro atoms. The monoisotopic (exact) mass is 224 g/mol. The number of carbonyl (C=O) groups is 1. The average Bonchev–Trinajstić information content (AvgIpc) is 2.02. The van der Waals surface area contributed by atoms with Crippen LogP contribution in [0, 0.1) is 0 Å². The number of carboxylic acids is 1. The Kier molecular flexibility index (Phi) is 6.48. The Labute approximate surface area is 83.7 Å². The van der Waals surface area contributed by atoms with Crippen LogP contribution in [0.3, 0.4) is 0 Å². The van der Waals surface area contributed by atoms with Crippen molar-refractivity contribution in [1.29, 1.82) is 0 Å². The van der Waals surface area contributed by atoms with Crippen molar-refractivity contribution >= 4 is 15.8 Å². The van der Waals surface area contributed by atoms with Crippen molar-refractivity contribution in [3.05, 3.63) is 0 Å². The van der Waals surface area contributed by atoms with Crippen LogP contribution in [-0.2, 0) is 14.6 Å². The van der Waals surface area contributed by atoms with Gasteiger partial charge < -0.3 is 10.2 Å². The first-order valence-corrected chi connectivity index (χ1v) is 6.33. The molecular weight excluding hydrogens is 208 g/mol. The summed E-state index contributed by atoms with van der Waals surface area (Å²) >= 11 is 0. The topological polar surface area (TPSA) is 91.7 Å². The molecule has 0 aliphatic rings. The Morgan fingerprint density at radius 2 is 1.71 bits per heavy atom. The van der Waals surface area contributed by atoms with Gasteiger partial charge in [0.25, 0.3) is 0 Å². The minimum absolute atomic E-state index is 0.0349. The molecule has 0 heterocycles. The first-order valence-electron chi connectivity index (χ1n) is 4.51. The maximum Gasteiger partial charge on any atom is 0.303 e. The van der Waals surface area contributed by atoms with Crippen molar-refractivity contribution in [1.82, 2.24) is 0 Å². The van der Waals surface area contributed by atoms with E-state index >= 15 is 0 Å². The molecule has 0 amide bonds. The molecule has 0 aliphatic carbocycles. The Bertz CT molecular complexity index is 257. The summed E-state index contributed by atoms with van der Waals surface area (Å²) in [4.78, 5) is 10.1. The van der Waals surface area contributed by atoms with E-state index in [1.54, 1.807) is 0 Å². The molecule has 0 aromatic carbocycles. The number of hydrogen-bond donors (Lipinski definition) is 2. The zero-order chi connectivity index (χ0) is 11.0. The SMILES string of the molecule is O=C(O)CCCCCS(=O)(=O)CCO. The lowest BCUT2D eigenvalue weighted by Crippen LogP contribution is -2.13. The van der Waals surface area contributed by atoms with Gasteiger partial charge in [-0.1, -0.05) is 6.42 Å². The van der Waals surface area contributed by atoms with E-state index in [1.165, 1.54) is 0 Å². The molecule has 6 heteroatoms. The summed E-state index contributed by atoms with van der Waals surface area (Å²) in [5.41, 5.74) is 0. The molecule has 0 rings (SSSR count). The number of hydrogen-bond acceptors (Lipinski definition) is 4. The summed E-state index contributed by atoms with van der Waals surface area (Å²) in [6.45, 7) is -0.350. The zero-order valence-corrected chi connectivity index (χ0v) is 8.79. The van der Waals surface area contributed by atoms with Gasteiger partial charge in [-0.15, -0.1) is 0 Å². The number of unbranched alkanes of at least 4 members (excludes halogenated alkanes) is 2. The molecule has 84 valence electrons. The summed E-state index contributed by atoms with van der Waals surface area (Å²) < 4.78 is 22.1. The zero-order valence-electron chi connectivity index (χ0n) is 7.98. The normalized spacial score (nSPS) is 11.5. The highest BCUT2D eigenvalue weighted by atomic mass is 32.2. The highest BCUT2D eigenvalue weighted by Crippen LogP contribution is 2.03. The molecule has 5 nitrogen and oxygen atoms in total. The van der Waals surface area contributed by atoms with E-state index in [-0.39, 0.29) is 24.5 Å². The van der Waals surface area contributed by atoms with Crippen molar-refractivity contribution in [2.75, 3.05) is 18.1 Å². The van der Waals surface area contributed by atoms with Crippen molar-refractivity contribution in [2.24, 2.45) is 0 Å². The smallest absolute Gasteiger partial charge is 0.303 e. The van der Waals surface area contributed by atoms with E-state index in [2.05, 4.69) is 0 Å². The van der Waals surface area contributed by atoms with Crippen LogP contribution in [0.5, 0.6) is 0 Å². The summed E-state index contributed by atoms with van der Waals surface area (Å²) in [5, 5.41) is 16.7. The minimum Gasteiger partial charge on any atom is -0.481 e. The second-order valence-corrected chi connectivity index (χ2v) is 5.38. The largest absolute Gasteiger partial charge is 0.481 e. The molecular formula is C8H16O5S. The predicted octanol–water partition coefficient (Wildman–Crippen LogP) is 0.0385. The second-order valence-electron chi connectivity index (χ2n) is 3.08. The number of rotatable bonds is 8. The molecule has 0 saturated carbocycles. The molecule has 14 heavy (non-hydrogen) atoms. The summed E-state index contributed by atoms with van der Waals surface area (Å²) in [6.07, 6.45) is 1.65. The van der Waals surface area contributed by atoms with Gasteiger partial charge in [0.2, 0.25) is 0 Å². The first-order chi connectivity index (χ1) is 6.48. The average molecular weight is 224 g/mol. The Balaban J connectivity index is 3.49. The van der Waals surface area contributed by atoms with Gasteiger partial charge >= 0.3 is 5.97 Å². The van der Waals surface area contributed by atoms with Gasteiger partial charge in [0.05, 0.1) is 18.1 Å². The van der Waals surface area contributed by atoms with Gasteiger partial charge in [-0.3, -0.25) is 4.79 Å². The fourth-order valence-electron chi connectivity index (χ4n) is 1.02. The van der Waals surface area contributed by atoms with Crippen LogP contribution in [0.25, 0.3) is 0 Å². The van der Waals surface area contributed by atoms with Crippen molar-refractivity contribution < 1.29 is 23.4 Å². The van der Waals surface area contributed by atoms with Crippen LogP contribution in [0.1, 0.15) is 25.7 Å². The summed E-state index contributed by atoms with van der Waals surface area (Å²) in [6, 6.07) is 0. The molecule has 0 unspecified atom stereocenters. The van der Waals surface area contributed by atoms with Crippen LogP contribution in [0.2, 0.25) is 0 Å². The third kappa shape index (κ3) is 8.00. The van der Waals surface area contributed by atoms with Gasteiger partial charge in [0.15, 0.2) is 9.84 Å². The van der Waals surface area contributed by atoms with E-state index in [1.807, 2.05) is 0 Å². The van der Waals surface area contributed by atoms with Gasteiger partial charge in [-0.25, -0.2) is 8.42 Å². The third-order valence-electron chi connectivity index (χ3n) is 1.75. The lowest BCUT2D eigenvalue weighted by atomic mass is 10.2. The number of carboxylic acid groups (broad SMARTS) is 1. The van der Waals surface area contributed by atoms with E-state index in [0.717, 1.165) is 0 Å². The molecule has 0 aliphatic heterocycles. The molecule has 0 saturated heterocycles. The van der Waals surface area contributed by atoms with Gasteiger partial charge in [-0.05, 0) is 12.8 Å². The van der Waals surface area contributed by atoms with E-state index in [4.69, 9.17) is 10.2 Å². The summed E-state index contributed by atoms with van der Waals surface area (Å²) in [7, 11) is -3.13. The van der Waals surface area contributed by atoms with Crippen molar-refractivity contribution in [2.45, 2.75) is 25.7 Å². The van der Waals surface area contributed by atoms with Crippen LogP contribution < -0.4 is 0 Å². The number of aliphatic carboxylic acids is 1. The molecule has 0 atom stereocenters. The van der Waals surface area contributed by atoms with Crippen LogP contribution >= 0.6 is 0 Å². The van der Waals surface area contributed by atoms with E-state index in [9.17, 15) is 13.2 Å². The lowest BCUT2D eigenvalue weighted by Gasteiger charge is -2.01. The van der Waals surface area contributed by atoms with Gasteiger partial charge in [0, 0.05) is 6.42 Å². The van der Waals surface area contributed by atoms with Crippen molar-refractivity contribution in [3.8, 4) is 0 Å². The molecule has 2 N–H and O–H groups in total. The highest BCUT2D eigenvalue weighted by Gasteiger charge is 2.08.